The van der Waals surface area contributed by atoms with Crippen LogP contribution in [-0.4, -0.2) is 18.7 Å². The molecule has 6 nitrogen and oxygen atoms in total. The molecule has 2 aliphatic heterocycles. The van der Waals surface area contributed by atoms with E-state index in [4.69, 9.17) is 14.2 Å². The first-order chi connectivity index (χ1) is 13.7. The summed E-state index contributed by atoms with van der Waals surface area (Å²) in [5, 5.41) is 0. The van der Waals surface area contributed by atoms with Crippen molar-refractivity contribution in [3.05, 3.63) is 89.5 Å². The van der Waals surface area contributed by atoms with Gasteiger partial charge in [0.1, 0.15) is 0 Å². The van der Waals surface area contributed by atoms with E-state index in [1.165, 1.54) is 4.90 Å². The molecule has 3 aromatic carbocycles. The van der Waals surface area contributed by atoms with Gasteiger partial charge in [0.25, 0.3) is 5.91 Å². The fourth-order valence-electron chi connectivity index (χ4n) is 3.42. The van der Waals surface area contributed by atoms with Crippen LogP contribution >= 0.6 is 0 Å². The fourth-order valence-corrected chi connectivity index (χ4v) is 3.42. The van der Waals surface area contributed by atoms with Gasteiger partial charge >= 0.3 is 5.97 Å². The number of anilines is 1. The van der Waals surface area contributed by atoms with Crippen molar-refractivity contribution in [1.82, 2.24) is 0 Å². The fraction of sp³-hybridized carbons (Fsp3) is 0.0909. The first kappa shape index (κ1) is 16.4. The van der Waals surface area contributed by atoms with Crippen LogP contribution in [0, 0.1) is 0 Å². The zero-order valence-corrected chi connectivity index (χ0v) is 14.7. The van der Waals surface area contributed by atoms with Crippen LogP contribution < -0.4 is 14.4 Å². The number of hydrogen-bond donors (Lipinski definition) is 0. The monoisotopic (exact) mass is 373 g/mol. The molecular weight excluding hydrogens is 358 g/mol. The summed E-state index contributed by atoms with van der Waals surface area (Å²) in [5.41, 5.74) is 1.98. The Morgan fingerprint density at radius 3 is 2.50 bits per heavy atom. The molecule has 0 bridgehead atoms. The van der Waals surface area contributed by atoms with Crippen LogP contribution in [0.4, 0.5) is 5.69 Å². The van der Waals surface area contributed by atoms with E-state index >= 15 is 0 Å². The summed E-state index contributed by atoms with van der Waals surface area (Å²) in [4.78, 5) is 27.5. The van der Waals surface area contributed by atoms with Crippen LogP contribution in [0.5, 0.6) is 11.5 Å². The lowest BCUT2D eigenvalue weighted by Gasteiger charge is -2.36. The number of ether oxygens (including phenoxy) is 3. The van der Waals surface area contributed by atoms with Crippen molar-refractivity contribution in [3.8, 4) is 11.5 Å². The maximum absolute atomic E-state index is 13.4. The van der Waals surface area contributed by atoms with Gasteiger partial charge in [0.05, 0.1) is 11.3 Å². The summed E-state index contributed by atoms with van der Waals surface area (Å²) in [7, 11) is 0. The molecule has 0 N–H and O–H groups in total. The highest BCUT2D eigenvalue weighted by atomic mass is 16.7. The highest BCUT2D eigenvalue weighted by molar-refractivity contribution is 6.11. The third-order valence-electron chi connectivity index (χ3n) is 4.76. The molecule has 5 rings (SSSR count). The minimum absolute atomic E-state index is 0.138. The Morgan fingerprint density at radius 2 is 1.64 bits per heavy atom. The molecule has 2 aliphatic rings. The topological polar surface area (TPSA) is 65.1 Å². The van der Waals surface area contributed by atoms with Gasteiger partial charge in [-0.1, -0.05) is 30.3 Å². The molecule has 28 heavy (non-hydrogen) atoms. The Morgan fingerprint density at radius 1 is 0.893 bits per heavy atom. The first-order valence-electron chi connectivity index (χ1n) is 8.80. The van der Waals surface area contributed by atoms with Crippen molar-refractivity contribution in [1.29, 1.82) is 0 Å². The van der Waals surface area contributed by atoms with Gasteiger partial charge < -0.3 is 14.2 Å². The number of esters is 1. The van der Waals surface area contributed by atoms with Gasteiger partial charge in [-0.2, -0.15) is 0 Å². The van der Waals surface area contributed by atoms with Crippen molar-refractivity contribution in [2.75, 3.05) is 11.7 Å². The lowest BCUT2D eigenvalue weighted by Crippen LogP contribution is -2.41. The van der Waals surface area contributed by atoms with Gasteiger partial charge in [0.15, 0.2) is 11.5 Å². The summed E-state index contributed by atoms with van der Waals surface area (Å²) in [6.07, 6.45) is -0.912. The van der Waals surface area contributed by atoms with Gasteiger partial charge in [0.2, 0.25) is 13.0 Å². The number of cyclic esters (lactones) is 1. The predicted octanol–water partition coefficient (Wildman–Crippen LogP) is 3.93. The number of para-hydroxylation sites is 1. The SMILES string of the molecule is O=C1O[C@@H](c2ccc3c(c2)OCO3)N(C(=O)c2ccccc2)c2ccccc21. The van der Waals surface area contributed by atoms with Gasteiger partial charge in [-0.3, -0.25) is 9.69 Å². The average Bonchev–Trinajstić information content (AvgIpc) is 3.22. The quantitative estimate of drug-likeness (QED) is 0.637. The van der Waals surface area contributed by atoms with E-state index < -0.39 is 12.2 Å². The molecule has 0 saturated heterocycles. The van der Waals surface area contributed by atoms with Gasteiger partial charge in [-0.15, -0.1) is 0 Å². The minimum atomic E-state index is -0.912. The standard InChI is InChI=1S/C22H15NO5/c24-20(14-6-2-1-3-7-14)23-17-9-5-4-8-16(17)22(25)28-21(23)15-10-11-18-19(12-15)27-13-26-18/h1-12,21H,13H2/t21-/m0/s1. The van der Waals surface area contributed by atoms with E-state index in [2.05, 4.69) is 0 Å². The predicted molar refractivity (Wildman–Crippen MR) is 100 cm³/mol. The molecule has 0 spiro atoms. The van der Waals surface area contributed by atoms with Crippen LogP contribution in [0.1, 0.15) is 32.5 Å². The summed E-state index contributed by atoms with van der Waals surface area (Å²) in [6.45, 7) is 0.138. The number of rotatable bonds is 2. The number of carbonyl (C=O) groups excluding carboxylic acids is 2. The Balaban J connectivity index is 1.64. The summed E-state index contributed by atoms with van der Waals surface area (Å²) in [6, 6.07) is 21.1. The van der Waals surface area contributed by atoms with Crippen molar-refractivity contribution in [2.45, 2.75) is 6.23 Å². The smallest absolute Gasteiger partial charge is 0.342 e. The molecule has 0 fully saturated rings. The second kappa shape index (κ2) is 6.42. The van der Waals surface area contributed by atoms with Crippen molar-refractivity contribution in [3.63, 3.8) is 0 Å². The largest absolute Gasteiger partial charge is 0.454 e. The molecule has 0 radical (unpaired) electrons. The molecule has 1 atom stereocenters. The van der Waals surface area contributed by atoms with Crippen LogP contribution in [0.3, 0.4) is 0 Å². The molecule has 0 unspecified atom stereocenters. The second-order valence-corrected chi connectivity index (χ2v) is 6.43. The molecule has 0 saturated carbocycles. The zero-order valence-electron chi connectivity index (χ0n) is 14.7. The van der Waals surface area contributed by atoms with Gasteiger partial charge in [-0.05, 0) is 42.5 Å². The molecule has 138 valence electrons. The summed E-state index contributed by atoms with van der Waals surface area (Å²) in [5.74, 6) is 0.435. The minimum Gasteiger partial charge on any atom is -0.454 e. The van der Waals surface area contributed by atoms with Crippen LogP contribution in [0.2, 0.25) is 0 Å². The Bertz CT molecular complexity index is 1080. The highest BCUT2D eigenvalue weighted by Gasteiger charge is 2.38. The van der Waals surface area contributed by atoms with E-state index in [0.29, 0.717) is 33.9 Å². The van der Waals surface area contributed by atoms with E-state index in [-0.39, 0.29) is 12.7 Å². The zero-order chi connectivity index (χ0) is 19.1. The average molecular weight is 373 g/mol. The summed E-state index contributed by atoms with van der Waals surface area (Å²) >= 11 is 0. The van der Waals surface area contributed by atoms with Crippen LogP contribution in [0.15, 0.2) is 72.8 Å². The third kappa shape index (κ3) is 2.58. The van der Waals surface area contributed by atoms with Gasteiger partial charge in [-0.25, -0.2) is 4.79 Å². The van der Waals surface area contributed by atoms with E-state index in [1.54, 1.807) is 66.7 Å². The number of benzene rings is 3. The maximum Gasteiger partial charge on any atom is 0.342 e. The number of hydrogen-bond acceptors (Lipinski definition) is 5. The van der Waals surface area contributed by atoms with Crippen molar-refractivity contribution in [2.24, 2.45) is 0 Å². The number of fused-ring (bicyclic) bond motifs is 2. The van der Waals surface area contributed by atoms with E-state index in [0.717, 1.165) is 0 Å². The lowest BCUT2D eigenvalue weighted by molar-refractivity contribution is 0.0248. The Kier molecular flexibility index (Phi) is 3.76. The Hall–Kier alpha value is -3.80. The third-order valence-corrected chi connectivity index (χ3v) is 4.76. The number of carbonyl (C=O) groups is 2. The van der Waals surface area contributed by atoms with Crippen LogP contribution in [-0.2, 0) is 4.74 Å². The summed E-state index contributed by atoms with van der Waals surface area (Å²) < 4.78 is 16.5. The highest BCUT2D eigenvalue weighted by Crippen LogP contribution is 2.41. The van der Waals surface area contributed by atoms with Crippen molar-refractivity contribution >= 4 is 17.6 Å². The Labute approximate surface area is 160 Å². The van der Waals surface area contributed by atoms with Crippen molar-refractivity contribution < 1.29 is 23.8 Å². The molecule has 6 heteroatoms. The van der Waals surface area contributed by atoms with Gasteiger partial charge in [0, 0.05) is 11.1 Å². The van der Waals surface area contributed by atoms with Crippen LogP contribution in [0.25, 0.3) is 0 Å². The van der Waals surface area contributed by atoms with E-state index in [1.807, 2.05) is 6.07 Å². The molecule has 3 aromatic rings. The number of nitrogens with zero attached hydrogens (tertiary/aromatic N) is 1. The normalized spacial score (nSPS) is 17.1. The first-order valence-corrected chi connectivity index (χ1v) is 8.80. The lowest BCUT2D eigenvalue weighted by atomic mass is 10.0. The maximum atomic E-state index is 13.4. The molecule has 0 aliphatic carbocycles. The molecule has 1 amide bonds. The molecular formula is C22H15NO5. The molecule has 0 aromatic heterocycles. The van der Waals surface area contributed by atoms with E-state index in [9.17, 15) is 9.59 Å². The number of amides is 1. The molecule has 2 heterocycles. The second-order valence-electron chi connectivity index (χ2n) is 6.43.